The highest BCUT2D eigenvalue weighted by atomic mass is 32.1. The summed E-state index contributed by atoms with van der Waals surface area (Å²) in [6, 6.07) is 10.3. The van der Waals surface area contributed by atoms with Gasteiger partial charge in [-0.3, -0.25) is 14.5 Å². The predicted molar refractivity (Wildman–Crippen MR) is 109 cm³/mol. The molecular formula is C20H20N4O4S. The molecule has 2 aromatic heterocycles. The molecule has 0 unspecified atom stereocenters. The Hall–Kier alpha value is -3.33. The van der Waals surface area contributed by atoms with Crippen LogP contribution in [-0.4, -0.2) is 26.6 Å². The Morgan fingerprint density at radius 2 is 1.90 bits per heavy atom. The number of rotatable bonds is 6. The molecule has 0 aliphatic heterocycles. The summed E-state index contributed by atoms with van der Waals surface area (Å²) in [5, 5.41) is 6.08. The number of carbonyl (C=O) groups excluding carboxylic acids is 2. The van der Waals surface area contributed by atoms with E-state index in [1.165, 1.54) is 47.9 Å². The van der Waals surface area contributed by atoms with Crippen molar-refractivity contribution in [1.82, 2.24) is 14.8 Å². The van der Waals surface area contributed by atoms with Gasteiger partial charge in [-0.15, -0.1) is 11.3 Å². The predicted octanol–water partition coefficient (Wildman–Crippen LogP) is 2.84. The number of amides is 1. The highest BCUT2D eigenvalue weighted by Gasteiger charge is 2.19. The molecule has 1 aromatic carbocycles. The average molecular weight is 412 g/mol. The minimum Gasteiger partial charge on any atom is -0.454 e. The molecule has 0 radical (unpaired) electrons. The number of carbonyl (C=O) groups is 2. The third-order valence-corrected chi connectivity index (χ3v) is 5.04. The van der Waals surface area contributed by atoms with Crippen molar-refractivity contribution in [2.24, 2.45) is 7.05 Å². The summed E-state index contributed by atoms with van der Waals surface area (Å²) in [4.78, 5) is 41.6. The lowest BCUT2D eigenvalue weighted by Gasteiger charge is -2.18. The zero-order valence-electron chi connectivity index (χ0n) is 16.3. The van der Waals surface area contributed by atoms with Gasteiger partial charge in [0.25, 0.3) is 5.56 Å². The molecule has 150 valence electrons. The third kappa shape index (κ3) is 4.75. The van der Waals surface area contributed by atoms with Crippen molar-refractivity contribution in [3.8, 4) is 0 Å². The van der Waals surface area contributed by atoms with E-state index in [4.69, 9.17) is 4.74 Å². The van der Waals surface area contributed by atoms with E-state index in [1.54, 1.807) is 5.38 Å². The number of esters is 1. The first-order chi connectivity index (χ1) is 13.9. The van der Waals surface area contributed by atoms with E-state index in [1.807, 2.05) is 24.3 Å². The molecule has 0 atom stereocenters. The molecular weight excluding hydrogens is 392 g/mol. The molecule has 9 heteroatoms. The van der Waals surface area contributed by atoms with Gasteiger partial charge in [0, 0.05) is 25.4 Å². The highest BCUT2D eigenvalue weighted by molar-refractivity contribution is 7.14. The van der Waals surface area contributed by atoms with Gasteiger partial charge in [0.05, 0.1) is 11.4 Å². The van der Waals surface area contributed by atoms with Crippen LogP contribution >= 0.6 is 11.3 Å². The van der Waals surface area contributed by atoms with E-state index in [9.17, 15) is 14.4 Å². The lowest BCUT2D eigenvalue weighted by molar-refractivity contribution is -0.115. The summed E-state index contributed by atoms with van der Waals surface area (Å²) in [7, 11) is 1.45. The van der Waals surface area contributed by atoms with Crippen LogP contribution in [0.2, 0.25) is 0 Å². The van der Waals surface area contributed by atoms with Gasteiger partial charge in [-0.05, 0) is 30.2 Å². The van der Waals surface area contributed by atoms with Gasteiger partial charge in [-0.1, -0.05) is 19.1 Å². The zero-order chi connectivity index (χ0) is 21.0. The molecule has 0 bridgehead atoms. The normalized spacial score (nSPS) is 10.6. The number of aryl methyl sites for hydroxylation is 2. The minimum atomic E-state index is -0.659. The van der Waals surface area contributed by atoms with Crippen molar-refractivity contribution in [3.63, 3.8) is 0 Å². The molecule has 0 saturated heterocycles. The molecule has 0 aliphatic carbocycles. The van der Waals surface area contributed by atoms with Crippen LogP contribution in [0.3, 0.4) is 0 Å². The number of hydrogen-bond acceptors (Lipinski definition) is 7. The Labute approximate surface area is 171 Å². The van der Waals surface area contributed by atoms with Gasteiger partial charge < -0.3 is 4.74 Å². The van der Waals surface area contributed by atoms with Crippen LogP contribution in [0.4, 0.5) is 10.8 Å². The van der Waals surface area contributed by atoms with Crippen molar-refractivity contribution < 1.29 is 14.3 Å². The van der Waals surface area contributed by atoms with E-state index in [0.29, 0.717) is 10.8 Å². The number of anilines is 2. The Kier molecular flexibility index (Phi) is 6.18. The molecule has 8 nitrogen and oxygen atoms in total. The Balaban J connectivity index is 1.72. The molecule has 1 amide bonds. The summed E-state index contributed by atoms with van der Waals surface area (Å²) < 4.78 is 6.28. The van der Waals surface area contributed by atoms with Crippen molar-refractivity contribution in [3.05, 3.63) is 69.1 Å². The maximum absolute atomic E-state index is 12.2. The van der Waals surface area contributed by atoms with Crippen LogP contribution in [0.15, 0.2) is 46.6 Å². The average Bonchev–Trinajstić information content (AvgIpc) is 3.17. The molecule has 3 aromatic rings. The SMILES string of the molecule is CCc1ccc(N(C(C)=O)c2nc(COC(=O)c3ccc(=O)n(C)n3)cs2)cc1. The van der Waals surface area contributed by atoms with Crippen LogP contribution in [0, 0.1) is 0 Å². The second-order valence-corrected chi connectivity index (χ2v) is 7.09. The molecule has 0 saturated carbocycles. The first-order valence-corrected chi connectivity index (χ1v) is 9.82. The first-order valence-electron chi connectivity index (χ1n) is 8.94. The van der Waals surface area contributed by atoms with Crippen LogP contribution < -0.4 is 10.5 Å². The van der Waals surface area contributed by atoms with E-state index in [-0.39, 0.29) is 23.8 Å². The Morgan fingerprint density at radius 3 is 2.52 bits per heavy atom. The van der Waals surface area contributed by atoms with E-state index in [2.05, 4.69) is 17.0 Å². The lowest BCUT2D eigenvalue weighted by atomic mass is 10.1. The zero-order valence-corrected chi connectivity index (χ0v) is 17.1. The number of aromatic nitrogens is 3. The van der Waals surface area contributed by atoms with Crippen LogP contribution in [0.1, 0.15) is 35.6 Å². The minimum absolute atomic E-state index is 0.0314. The Bertz CT molecular complexity index is 1090. The van der Waals surface area contributed by atoms with E-state index >= 15 is 0 Å². The van der Waals surface area contributed by atoms with Gasteiger partial charge in [-0.25, -0.2) is 14.5 Å². The molecule has 0 fully saturated rings. The second kappa shape index (κ2) is 8.78. The van der Waals surface area contributed by atoms with Crippen molar-refractivity contribution in [2.75, 3.05) is 4.90 Å². The summed E-state index contributed by atoms with van der Waals surface area (Å²) in [6.07, 6.45) is 0.914. The number of benzene rings is 1. The summed E-state index contributed by atoms with van der Waals surface area (Å²) in [5.41, 5.74) is 2.13. The molecule has 2 heterocycles. The lowest BCUT2D eigenvalue weighted by Crippen LogP contribution is -2.22. The fraction of sp³-hybridized carbons (Fsp3) is 0.250. The second-order valence-electron chi connectivity index (χ2n) is 6.25. The smallest absolute Gasteiger partial charge is 0.359 e. The van der Waals surface area contributed by atoms with Gasteiger partial charge in [0.2, 0.25) is 5.91 Å². The summed E-state index contributed by atoms with van der Waals surface area (Å²) in [5.74, 6) is -0.824. The quantitative estimate of drug-likeness (QED) is 0.578. The topological polar surface area (TPSA) is 94.4 Å². The van der Waals surface area contributed by atoms with Crippen LogP contribution in [0.25, 0.3) is 0 Å². The molecule has 0 aliphatic rings. The molecule has 0 N–H and O–H groups in total. The van der Waals surface area contributed by atoms with E-state index in [0.717, 1.165) is 16.8 Å². The van der Waals surface area contributed by atoms with Crippen molar-refractivity contribution >= 4 is 34.0 Å². The van der Waals surface area contributed by atoms with Crippen LogP contribution in [-0.2, 0) is 29.6 Å². The summed E-state index contributed by atoms with van der Waals surface area (Å²) >= 11 is 1.28. The monoisotopic (exact) mass is 412 g/mol. The number of hydrogen-bond donors (Lipinski definition) is 0. The fourth-order valence-corrected chi connectivity index (χ4v) is 3.47. The largest absolute Gasteiger partial charge is 0.454 e. The van der Waals surface area contributed by atoms with Gasteiger partial charge >= 0.3 is 5.97 Å². The van der Waals surface area contributed by atoms with Gasteiger partial charge in [0.15, 0.2) is 10.8 Å². The van der Waals surface area contributed by atoms with Crippen molar-refractivity contribution in [1.29, 1.82) is 0 Å². The third-order valence-electron chi connectivity index (χ3n) is 4.17. The molecule has 29 heavy (non-hydrogen) atoms. The number of ether oxygens (including phenoxy) is 1. The standard InChI is InChI=1S/C20H20N4O4S/c1-4-14-5-7-16(8-6-14)24(13(2)25)20-21-15(12-29-20)11-28-19(27)17-9-10-18(26)23(3)22-17/h5-10,12H,4,11H2,1-3H3. The van der Waals surface area contributed by atoms with Crippen molar-refractivity contribution in [2.45, 2.75) is 26.9 Å². The fourth-order valence-electron chi connectivity index (χ4n) is 2.60. The first kappa shape index (κ1) is 20.4. The van der Waals surface area contributed by atoms with Gasteiger partial charge in [0.1, 0.15) is 6.61 Å². The Morgan fingerprint density at radius 1 is 1.17 bits per heavy atom. The summed E-state index contributed by atoms with van der Waals surface area (Å²) in [6.45, 7) is 3.47. The highest BCUT2D eigenvalue weighted by Crippen LogP contribution is 2.29. The van der Waals surface area contributed by atoms with Gasteiger partial charge in [-0.2, -0.15) is 5.10 Å². The molecule has 0 spiro atoms. The number of nitrogens with zero attached hydrogens (tertiary/aromatic N) is 4. The maximum atomic E-state index is 12.2. The molecule has 3 rings (SSSR count). The number of thiazole rings is 1. The van der Waals surface area contributed by atoms with Crippen LogP contribution in [0.5, 0.6) is 0 Å². The van der Waals surface area contributed by atoms with E-state index < -0.39 is 5.97 Å². The maximum Gasteiger partial charge on any atom is 0.359 e.